The number of hydrogen-bond acceptors (Lipinski definition) is 5. The minimum absolute atomic E-state index is 0.0652. The van der Waals surface area contributed by atoms with Crippen molar-refractivity contribution in [2.75, 3.05) is 17.3 Å². The average molecular weight is 358 g/mol. The van der Waals surface area contributed by atoms with Gasteiger partial charge in [-0.15, -0.1) is 10.2 Å². The number of anilines is 2. The molecule has 0 bridgehead atoms. The second-order valence-electron chi connectivity index (χ2n) is 6.74. The van der Waals surface area contributed by atoms with Crippen LogP contribution in [0.4, 0.5) is 10.8 Å². The van der Waals surface area contributed by atoms with Gasteiger partial charge in [-0.1, -0.05) is 37.3 Å². The lowest BCUT2D eigenvalue weighted by molar-refractivity contribution is -0.119. The van der Waals surface area contributed by atoms with Crippen molar-refractivity contribution < 1.29 is 9.59 Å². The fourth-order valence-electron chi connectivity index (χ4n) is 2.58. The van der Waals surface area contributed by atoms with Gasteiger partial charge < -0.3 is 4.90 Å². The Morgan fingerprint density at radius 3 is 2.68 bits per heavy atom. The maximum atomic E-state index is 12.7. The number of aromatic nitrogens is 2. The van der Waals surface area contributed by atoms with E-state index in [9.17, 15) is 9.59 Å². The van der Waals surface area contributed by atoms with Gasteiger partial charge >= 0.3 is 0 Å². The molecule has 2 aromatic rings. The Bertz CT molecular complexity index is 783. The van der Waals surface area contributed by atoms with Gasteiger partial charge in [0.2, 0.25) is 11.0 Å². The van der Waals surface area contributed by atoms with Crippen molar-refractivity contribution in [3.63, 3.8) is 0 Å². The maximum Gasteiger partial charge on any atom is 0.259 e. The molecule has 1 aromatic heterocycles. The highest BCUT2D eigenvalue weighted by molar-refractivity contribution is 7.15. The molecule has 7 heteroatoms. The van der Waals surface area contributed by atoms with Crippen LogP contribution in [-0.4, -0.2) is 29.1 Å². The minimum Gasteiger partial charge on any atom is -0.314 e. The Hall–Kier alpha value is -2.28. The molecular weight excluding hydrogens is 336 g/mol. The lowest BCUT2D eigenvalue weighted by Crippen LogP contribution is -2.29. The summed E-state index contributed by atoms with van der Waals surface area (Å²) in [5.41, 5.74) is 1.07. The van der Waals surface area contributed by atoms with Crippen molar-refractivity contribution in [3.8, 4) is 0 Å². The maximum absolute atomic E-state index is 12.7. The summed E-state index contributed by atoms with van der Waals surface area (Å²) >= 11 is 1.38. The van der Waals surface area contributed by atoms with Gasteiger partial charge in [-0.05, 0) is 30.9 Å². The lowest BCUT2D eigenvalue weighted by Gasteiger charge is -2.20. The molecule has 0 spiro atoms. The molecule has 6 nitrogen and oxygen atoms in total. The van der Waals surface area contributed by atoms with Gasteiger partial charge in [-0.25, -0.2) is 0 Å². The van der Waals surface area contributed by atoms with Gasteiger partial charge in [0.25, 0.3) is 5.91 Å². The first-order valence-corrected chi connectivity index (χ1v) is 9.27. The molecule has 3 rings (SSSR count). The van der Waals surface area contributed by atoms with Gasteiger partial charge in [0, 0.05) is 19.4 Å². The van der Waals surface area contributed by atoms with Crippen LogP contribution in [0.25, 0.3) is 0 Å². The third-order valence-corrected chi connectivity index (χ3v) is 4.90. The fraction of sp³-hybridized carbons (Fsp3) is 0.444. The second kappa shape index (κ2) is 7.31. The highest BCUT2D eigenvalue weighted by Gasteiger charge is 2.33. The van der Waals surface area contributed by atoms with Crippen LogP contribution in [0.3, 0.4) is 0 Å². The molecule has 1 fully saturated rings. The van der Waals surface area contributed by atoms with Crippen LogP contribution < -0.4 is 10.2 Å². The summed E-state index contributed by atoms with van der Waals surface area (Å²) in [7, 11) is 1.72. The lowest BCUT2D eigenvalue weighted by atomic mass is 10.1. The smallest absolute Gasteiger partial charge is 0.259 e. The van der Waals surface area contributed by atoms with Crippen molar-refractivity contribution in [2.24, 2.45) is 11.8 Å². The molecule has 0 radical (unpaired) electrons. The third-order valence-electron chi connectivity index (χ3n) is 4.04. The summed E-state index contributed by atoms with van der Waals surface area (Å²) in [6.45, 7) is 4.23. The zero-order valence-electron chi connectivity index (χ0n) is 14.7. The average Bonchev–Trinajstić information content (AvgIpc) is 3.35. The number of carbonyl (C=O) groups excluding carboxylic acids is 2. The van der Waals surface area contributed by atoms with E-state index in [4.69, 9.17) is 0 Å². The van der Waals surface area contributed by atoms with E-state index in [1.807, 2.05) is 6.07 Å². The number of rotatable bonds is 6. The standard InChI is InChI=1S/C18H22N4O2S/c1-11(2)10-15-20-21-18(25-15)19-16(23)13-6-4-5-7-14(13)22(3)17(24)12-8-9-12/h4-7,11-12H,8-10H2,1-3H3,(H,19,21,23). The topological polar surface area (TPSA) is 75.2 Å². The van der Waals surface area contributed by atoms with Crippen molar-refractivity contribution in [2.45, 2.75) is 33.1 Å². The largest absolute Gasteiger partial charge is 0.314 e. The molecule has 0 aliphatic heterocycles. The van der Waals surface area contributed by atoms with Crippen LogP contribution in [0, 0.1) is 11.8 Å². The van der Waals surface area contributed by atoms with Crippen LogP contribution in [0.15, 0.2) is 24.3 Å². The Kier molecular flexibility index (Phi) is 5.13. The predicted molar refractivity (Wildman–Crippen MR) is 99.0 cm³/mol. The molecule has 25 heavy (non-hydrogen) atoms. The monoisotopic (exact) mass is 358 g/mol. The molecule has 0 unspecified atom stereocenters. The quantitative estimate of drug-likeness (QED) is 0.859. The molecule has 1 aliphatic carbocycles. The zero-order chi connectivity index (χ0) is 18.0. The summed E-state index contributed by atoms with van der Waals surface area (Å²) < 4.78 is 0. The van der Waals surface area contributed by atoms with Crippen LogP contribution >= 0.6 is 11.3 Å². The number of amides is 2. The van der Waals surface area contributed by atoms with Gasteiger partial charge in [0.15, 0.2) is 0 Å². The van der Waals surface area contributed by atoms with E-state index in [0.29, 0.717) is 22.3 Å². The number of nitrogens with zero attached hydrogens (tertiary/aromatic N) is 3. The normalized spacial score (nSPS) is 13.8. The van der Waals surface area contributed by atoms with E-state index in [1.54, 1.807) is 30.1 Å². The van der Waals surface area contributed by atoms with Crippen LogP contribution in [0.2, 0.25) is 0 Å². The first kappa shape index (κ1) is 17.5. The SMILES string of the molecule is CC(C)Cc1nnc(NC(=O)c2ccccc2N(C)C(=O)C2CC2)s1. The van der Waals surface area contributed by atoms with Crippen LogP contribution in [0.1, 0.15) is 42.1 Å². The zero-order valence-corrected chi connectivity index (χ0v) is 15.5. The Balaban J connectivity index is 1.75. The molecule has 0 saturated heterocycles. The van der Waals surface area contributed by atoms with Gasteiger partial charge in [-0.3, -0.25) is 14.9 Å². The highest BCUT2D eigenvalue weighted by atomic mass is 32.1. The molecule has 1 heterocycles. The van der Waals surface area contributed by atoms with Crippen molar-refractivity contribution >= 4 is 34.0 Å². The summed E-state index contributed by atoms with van der Waals surface area (Å²) in [5, 5.41) is 12.3. The summed E-state index contributed by atoms with van der Waals surface area (Å²) in [6.07, 6.45) is 2.70. The molecule has 0 atom stereocenters. The molecule has 1 aromatic carbocycles. The van der Waals surface area contributed by atoms with Crippen LogP contribution in [-0.2, 0) is 11.2 Å². The number of hydrogen-bond donors (Lipinski definition) is 1. The van der Waals surface area contributed by atoms with E-state index in [2.05, 4.69) is 29.4 Å². The minimum atomic E-state index is -0.279. The first-order chi connectivity index (χ1) is 12.0. The molecular formula is C18H22N4O2S. The summed E-state index contributed by atoms with van der Waals surface area (Å²) in [6, 6.07) is 7.13. The van der Waals surface area contributed by atoms with Gasteiger partial charge in [0.05, 0.1) is 11.3 Å². The Morgan fingerprint density at radius 2 is 2.00 bits per heavy atom. The van der Waals surface area contributed by atoms with Crippen molar-refractivity contribution in [3.05, 3.63) is 34.8 Å². The van der Waals surface area contributed by atoms with E-state index < -0.39 is 0 Å². The highest BCUT2D eigenvalue weighted by Crippen LogP contribution is 2.33. The van der Waals surface area contributed by atoms with E-state index >= 15 is 0 Å². The van der Waals surface area contributed by atoms with Gasteiger partial charge in [0.1, 0.15) is 5.01 Å². The second-order valence-corrected chi connectivity index (χ2v) is 7.80. The Labute approximate surface area is 151 Å². The predicted octanol–water partition coefficient (Wildman–Crippen LogP) is 3.36. The number of benzene rings is 1. The summed E-state index contributed by atoms with van der Waals surface area (Å²) in [5.74, 6) is 0.371. The molecule has 1 saturated carbocycles. The first-order valence-electron chi connectivity index (χ1n) is 8.46. The van der Waals surface area contributed by atoms with Crippen LogP contribution in [0.5, 0.6) is 0 Å². The number of carbonyl (C=O) groups is 2. The molecule has 1 N–H and O–H groups in total. The van der Waals surface area contributed by atoms with E-state index in [1.165, 1.54) is 11.3 Å². The number of nitrogens with one attached hydrogen (secondary N) is 1. The van der Waals surface area contributed by atoms with Crippen molar-refractivity contribution in [1.29, 1.82) is 0 Å². The van der Waals surface area contributed by atoms with Gasteiger partial charge in [-0.2, -0.15) is 0 Å². The third kappa shape index (κ3) is 4.22. The molecule has 2 amide bonds. The molecule has 1 aliphatic rings. The summed E-state index contributed by atoms with van der Waals surface area (Å²) in [4.78, 5) is 26.6. The van der Waals surface area contributed by atoms with Crippen molar-refractivity contribution in [1.82, 2.24) is 10.2 Å². The fourth-order valence-corrected chi connectivity index (χ4v) is 3.53. The molecule has 132 valence electrons. The Morgan fingerprint density at radius 1 is 1.28 bits per heavy atom. The van der Waals surface area contributed by atoms with E-state index in [-0.39, 0.29) is 17.7 Å². The number of para-hydroxylation sites is 1. The van der Waals surface area contributed by atoms with E-state index in [0.717, 1.165) is 24.3 Å².